The van der Waals surface area contributed by atoms with Crippen molar-refractivity contribution < 1.29 is 13.9 Å². The Morgan fingerprint density at radius 2 is 2.23 bits per heavy atom. The molecule has 3 heterocycles. The smallest absolute Gasteiger partial charge is 0.223 e. The van der Waals surface area contributed by atoms with E-state index >= 15 is 0 Å². The lowest BCUT2D eigenvalue weighted by atomic mass is 9.88. The maximum absolute atomic E-state index is 12.2. The third-order valence-electron chi connectivity index (χ3n) is 5.17. The fourth-order valence-corrected chi connectivity index (χ4v) is 3.95. The summed E-state index contributed by atoms with van der Waals surface area (Å²) in [7, 11) is 1.70. The van der Waals surface area contributed by atoms with Gasteiger partial charge in [-0.25, -0.2) is 0 Å². The fraction of sp³-hybridized carbons (Fsp3) is 0.706. The molecule has 3 rings (SSSR count). The summed E-state index contributed by atoms with van der Waals surface area (Å²) >= 11 is 0. The van der Waals surface area contributed by atoms with Crippen LogP contribution in [-0.4, -0.2) is 54.6 Å². The van der Waals surface area contributed by atoms with Crippen LogP contribution in [0.25, 0.3) is 0 Å². The number of rotatable bonds is 5. The fourth-order valence-electron chi connectivity index (χ4n) is 3.95. The first-order valence-electron chi connectivity index (χ1n) is 8.28. The van der Waals surface area contributed by atoms with E-state index in [-0.39, 0.29) is 5.54 Å². The SMILES string of the molecule is COCCN1C(=O)CCC12CCCN(Cc1ccco1)CC2. The third kappa shape index (κ3) is 3.20. The summed E-state index contributed by atoms with van der Waals surface area (Å²) in [5.74, 6) is 1.33. The minimum Gasteiger partial charge on any atom is -0.468 e. The molecule has 5 heteroatoms. The van der Waals surface area contributed by atoms with Crippen LogP contribution >= 0.6 is 0 Å². The molecule has 2 saturated heterocycles. The van der Waals surface area contributed by atoms with Gasteiger partial charge in [-0.2, -0.15) is 0 Å². The van der Waals surface area contributed by atoms with E-state index in [1.807, 2.05) is 12.1 Å². The second-order valence-electron chi connectivity index (χ2n) is 6.47. The second kappa shape index (κ2) is 6.84. The first kappa shape index (κ1) is 15.6. The maximum Gasteiger partial charge on any atom is 0.223 e. The van der Waals surface area contributed by atoms with Gasteiger partial charge in [-0.3, -0.25) is 9.69 Å². The van der Waals surface area contributed by atoms with Crippen LogP contribution in [0.3, 0.4) is 0 Å². The van der Waals surface area contributed by atoms with E-state index in [0.717, 1.165) is 57.6 Å². The molecule has 1 aromatic rings. The first-order chi connectivity index (χ1) is 10.7. The van der Waals surface area contributed by atoms with Gasteiger partial charge >= 0.3 is 0 Å². The number of amides is 1. The van der Waals surface area contributed by atoms with E-state index in [2.05, 4.69) is 9.80 Å². The number of furan rings is 1. The van der Waals surface area contributed by atoms with Gasteiger partial charge in [0.25, 0.3) is 0 Å². The lowest BCUT2D eigenvalue weighted by Crippen LogP contribution is -2.47. The molecule has 1 atom stereocenters. The van der Waals surface area contributed by atoms with E-state index in [4.69, 9.17) is 9.15 Å². The number of hydrogen-bond acceptors (Lipinski definition) is 4. The molecule has 2 aliphatic rings. The van der Waals surface area contributed by atoms with Crippen molar-refractivity contribution in [1.82, 2.24) is 9.80 Å². The molecule has 0 N–H and O–H groups in total. The number of ether oxygens (including phenoxy) is 1. The zero-order valence-electron chi connectivity index (χ0n) is 13.4. The lowest BCUT2D eigenvalue weighted by molar-refractivity contribution is -0.132. The predicted molar refractivity (Wildman–Crippen MR) is 83.4 cm³/mol. The molecule has 0 radical (unpaired) electrons. The summed E-state index contributed by atoms with van der Waals surface area (Å²) in [6, 6.07) is 3.97. The number of hydrogen-bond donors (Lipinski definition) is 0. The molecule has 122 valence electrons. The third-order valence-corrected chi connectivity index (χ3v) is 5.17. The van der Waals surface area contributed by atoms with Gasteiger partial charge in [0.15, 0.2) is 0 Å². The van der Waals surface area contributed by atoms with Crippen molar-refractivity contribution in [1.29, 1.82) is 0 Å². The van der Waals surface area contributed by atoms with Gasteiger partial charge in [0.1, 0.15) is 5.76 Å². The molecule has 22 heavy (non-hydrogen) atoms. The van der Waals surface area contributed by atoms with Crippen molar-refractivity contribution in [3.8, 4) is 0 Å². The molecule has 0 saturated carbocycles. The number of methoxy groups -OCH3 is 1. The van der Waals surface area contributed by atoms with Crippen molar-refractivity contribution in [2.75, 3.05) is 33.4 Å². The Morgan fingerprint density at radius 1 is 1.32 bits per heavy atom. The molecule has 2 fully saturated rings. The molecule has 1 unspecified atom stereocenters. The van der Waals surface area contributed by atoms with Crippen LogP contribution in [0.5, 0.6) is 0 Å². The molecule has 2 aliphatic heterocycles. The largest absolute Gasteiger partial charge is 0.468 e. The van der Waals surface area contributed by atoms with E-state index in [0.29, 0.717) is 18.9 Å². The number of nitrogens with zero attached hydrogens (tertiary/aromatic N) is 2. The maximum atomic E-state index is 12.2. The summed E-state index contributed by atoms with van der Waals surface area (Å²) < 4.78 is 10.7. The van der Waals surface area contributed by atoms with E-state index in [1.165, 1.54) is 0 Å². The monoisotopic (exact) mass is 306 g/mol. The topological polar surface area (TPSA) is 45.9 Å². The quantitative estimate of drug-likeness (QED) is 0.837. The molecule has 0 aliphatic carbocycles. The number of carbonyl (C=O) groups is 1. The minimum atomic E-state index is 0.0630. The highest BCUT2D eigenvalue weighted by Gasteiger charge is 2.45. The van der Waals surface area contributed by atoms with Gasteiger partial charge in [-0.1, -0.05) is 0 Å². The molecule has 0 bridgehead atoms. The van der Waals surface area contributed by atoms with E-state index in [1.54, 1.807) is 13.4 Å². The molecule has 1 spiro atoms. The van der Waals surface area contributed by atoms with Crippen LogP contribution in [0.4, 0.5) is 0 Å². The number of carbonyl (C=O) groups excluding carboxylic acids is 1. The van der Waals surface area contributed by atoms with Gasteiger partial charge in [-0.05, 0) is 44.4 Å². The van der Waals surface area contributed by atoms with Gasteiger partial charge in [0, 0.05) is 32.2 Å². The molecular weight excluding hydrogens is 280 g/mol. The second-order valence-corrected chi connectivity index (χ2v) is 6.47. The highest BCUT2D eigenvalue weighted by molar-refractivity contribution is 5.79. The Morgan fingerprint density at radius 3 is 3.00 bits per heavy atom. The van der Waals surface area contributed by atoms with Gasteiger partial charge < -0.3 is 14.1 Å². The summed E-state index contributed by atoms with van der Waals surface area (Å²) in [5, 5.41) is 0. The Bertz CT molecular complexity index is 488. The Hall–Kier alpha value is -1.33. The molecule has 5 nitrogen and oxygen atoms in total. The highest BCUT2D eigenvalue weighted by atomic mass is 16.5. The standard InChI is InChI=1S/C17H26N2O3/c1-21-13-11-19-16(20)5-7-17(19)6-3-9-18(10-8-17)14-15-4-2-12-22-15/h2,4,12H,3,5-11,13-14H2,1H3. The summed E-state index contributed by atoms with van der Waals surface area (Å²) in [6.07, 6.45) is 6.74. The van der Waals surface area contributed by atoms with Crippen molar-refractivity contribution in [2.45, 2.75) is 44.2 Å². The van der Waals surface area contributed by atoms with Crippen molar-refractivity contribution >= 4 is 5.91 Å². The first-order valence-corrected chi connectivity index (χ1v) is 8.28. The summed E-state index contributed by atoms with van der Waals surface area (Å²) in [6.45, 7) is 4.33. The molecule has 0 aromatic carbocycles. The van der Waals surface area contributed by atoms with Crippen LogP contribution in [-0.2, 0) is 16.1 Å². The average Bonchev–Trinajstić information content (AvgIpc) is 3.06. The predicted octanol–water partition coefficient (Wildman–Crippen LogP) is 2.27. The summed E-state index contributed by atoms with van der Waals surface area (Å²) in [4.78, 5) is 16.8. The van der Waals surface area contributed by atoms with Gasteiger partial charge in [0.2, 0.25) is 5.91 Å². The van der Waals surface area contributed by atoms with Crippen LogP contribution in [0, 0.1) is 0 Å². The zero-order valence-corrected chi connectivity index (χ0v) is 13.4. The normalized spacial score (nSPS) is 26.8. The van der Waals surface area contributed by atoms with Crippen LogP contribution in [0.15, 0.2) is 22.8 Å². The van der Waals surface area contributed by atoms with Crippen molar-refractivity contribution in [2.24, 2.45) is 0 Å². The number of likely N-dealkylation sites (tertiary alicyclic amines) is 2. The van der Waals surface area contributed by atoms with Crippen LogP contribution in [0.1, 0.15) is 37.9 Å². The molecule has 1 amide bonds. The van der Waals surface area contributed by atoms with E-state index < -0.39 is 0 Å². The Balaban J connectivity index is 1.64. The van der Waals surface area contributed by atoms with Gasteiger partial charge in [0.05, 0.1) is 19.4 Å². The highest BCUT2D eigenvalue weighted by Crippen LogP contribution is 2.39. The summed E-state index contributed by atoms with van der Waals surface area (Å²) in [5.41, 5.74) is 0.0630. The van der Waals surface area contributed by atoms with Crippen molar-refractivity contribution in [3.63, 3.8) is 0 Å². The van der Waals surface area contributed by atoms with Crippen molar-refractivity contribution in [3.05, 3.63) is 24.2 Å². The molecular formula is C17H26N2O3. The molecule has 1 aromatic heterocycles. The minimum absolute atomic E-state index is 0.0630. The zero-order chi connectivity index (χ0) is 15.4. The van der Waals surface area contributed by atoms with Gasteiger partial charge in [-0.15, -0.1) is 0 Å². The average molecular weight is 306 g/mol. The Kier molecular flexibility index (Phi) is 4.84. The van der Waals surface area contributed by atoms with E-state index in [9.17, 15) is 4.79 Å². The Labute approximate surface area is 132 Å². The lowest BCUT2D eigenvalue weighted by Gasteiger charge is -2.38. The van der Waals surface area contributed by atoms with Crippen LogP contribution < -0.4 is 0 Å². The van der Waals surface area contributed by atoms with Crippen LogP contribution in [0.2, 0.25) is 0 Å².